The fraction of sp³-hybridized carbons (Fsp3) is 0.417. The molecular formula is C12H14Cl2O4. The Hall–Kier alpha value is -1.13. The molecule has 0 spiro atoms. The zero-order valence-corrected chi connectivity index (χ0v) is 11.9. The minimum absolute atomic E-state index is 0.200. The number of hydrogen-bond acceptors (Lipinski definition) is 4. The molecule has 0 N–H and O–H groups in total. The Bertz CT molecular complexity index is 446. The highest BCUT2D eigenvalue weighted by molar-refractivity contribution is 6.37. The van der Waals surface area contributed by atoms with Gasteiger partial charge in [0.2, 0.25) is 0 Å². The van der Waals surface area contributed by atoms with E-state index < -0.39 is 0 Å². The minimum Gasteiger partial charge on any atom is -0.493 e. The zero-order valence-electron chi connectivity index (χ0n) is 10.4. The van der Waals surface area contributed by atoms with Crippen molar-refractivity contribution in [3.63, 3.8) is 0 Å². The number of ether oxygens (including phenoxy) is 3. The van der Waals surface area contributed by atoms with E-state index >= 15 is 0 Å². The third-order valence-electron chi connectivity index (χ3n) is 2.47. The van der Waals surface area contributed by atoms with Crippen molar-refractivity contribution in [1.29, 1.82) is 0 Å². The van der Waals surface area contributed by atoms with E-state index in [0.29, 0.717) is 33.5 Å². The topological polar surface area (TPSA) is 44.8 Å². The first-order valence-corrected chi connectivity index (χ1v) is 5.96. The highest BCUT2D eigenvalue weighted by atomic mass is 35.5. The van der Waals surface area contributed by atoms with Crippen LogP contribution in [0.15, 0.2) is 6.07 Å². The number of carbonyl (C=O) groups is 1. The van der Waals surface area contributed by atoms with Gasteiger partial charge in [0, 0.05) is 17.5 Å². The van der Waals surface area contributed by atoms with Gasteiger partial charge < -0.3 is 14.2 Å². The van der Waals surface area contributed by atoms with E-state index in [1.807, 2.05) is 0 Å². The fourth-order valence-electron chi connectivity index (χ4n) is 1.52. The Balaban J connectivity index is 3.08. The summed E-state index contributed by atoms with van der Waals surface area (Å²) in [5.41, 5.74) is 0.640. The van der Waals surface area contributed by atoms with Crippen molar-refractivity contribution in [2.45, 2.75) is 12.8 Å². The van der Waals surface area contributed by atoms with Crippen LogP contribution in [0.4, 0.5) is 0 Å². The van der Waals surface area contributed by atoms with Gasteiger partial charge in [0.15, 0.2) is 11.5 Å². The molecule has 1 aromatic carbocycles. The first-order valence-electron chi connectivity index (χ1n) is 5.20. The smallest absolute Gasteiger partial charge is 0.305 e. The normalized spacial score (nSPS) is 10.1. The van der Waals surface area contributed by atoms with Crippen molar-refractivity contribution in [2.75, 3.05) is 21.3 Å². The molecule has 0 heterocycles. The molecule has 0 aliphatic carbocycles. The van der Waals surface area contributed by atoms with Gasteiger partial charge in [-0.2, -0.15) is 0 Å². The Morgan fingerprint density at radius 2 is 1.89 bits per heavy atom. The predicted octanol–water partition coefficient (Wildman–Crippen LogP) is 3.12. The van der Waals surface area contributed by atoms with Crippen molar-refractivity contribution < 1.29 is 19.0 Å². The molecular weight excluding hydrogens is 279 g/mol. The maximum Gasteiger partial charge on any atom is 0.305 e. The molecule has 4 nitrogen and oxygen atoms in total. The van der Waals surface area contributed by atoms with Crippen LogP contribution in [0.5, 0.6) is 11.5 Å². The highest BCUT2D eigenvalue weighted by Gasteiger charge is 2.18. The van der Waals surface area contributed by atoms with Crippen LogP contribution in [0.1, 0.15) is 12.0 Å². The van der Waals surface area contributed by atoms with E-state index in [9.17, 15) is 4.79 Å². The minimum atomic E-state index is -0.322. The number of methoxy groups -OCH3 is 3. The molecule has 1 rings (SSSR count). The lowest BCUT2D eigenvalue weighted by Gasteiger charge is -2.14. The van der Waals surface area contributed by atoms with Gasteiger partial charge in [-0.1, -0.05) is 23.2 Å². The van der Waals surface area contributed by atoms with Gasteiger partial charge in [-0.05, 0) is 12.0 Å². The Morgan fingerprint density at radius 1 is 1.22 bits per heavy atom. The molecule has 0 aliphatic heterocycles. The molecule has 0 bridgehead atoms. The first kappa shape index (κ1) is 14.9. The highest BCUT2D eigenvalue weighted by Crippen LogP contribution is 2.41. The SMILES string of the molecule is COC(=O)CCc1c(Cl)cc(OC)c(OC)c1Cl. The summed E-state index contributed by atoms with van der Waals surface area (Å²) in [5.74, 6) is 0.537. The predicted molar refractivity (Wildman–Crippen MR) is 69.9 cm³/mol. The number of rotatable bonds is 5. The molecule has 0 aliphatic rings. The van der Waals surface area contributed by atoms with E-state index in [1.165, 1.54) is 21.3 Å². The summed E-state index contributed by atoms with van der Waals surface area (Å²) in [4.78, 5) is 11.1. The number of esters is 1. The largest absolute Gasteiger partial charge is 0.493 e. The summed E-state index contributed by atoms with van der Waals surface area (Å²) >= 11 is 12.3. The molecule has 1 aromatic rings. The van der Waals surface area contributed by atoms with Crippen LogP contribution in [0.2, 0.25) is 10.0 Å². The van der Waals surface area contributed by atoms with Crippen LogP contribution in [-0.2, 0) is 16.0 Å². The summed E-state index contributed by atoms with van der Waals surface area (Å²) in [6, 6.07) is 1.61. The average Bonchev–Trinajstić information content (AvgIpc) is 2.37. The van der Waals surface area contributed by atoms with Gasteiger partial charge in [-0.15, -0.1) is 0 Å². The van der Waals surface area contributed by atoms with Crippen LogP contribution in [0, 0.1) is 0 Å². The maximum absolute atomic E-state index is 11.1. The summed E-state index contributed by atoms with van der Waals surface area (Å²) in [6.07, 6.45) is 0.579. The molecule has 0 saturated carbocycles. The van der Waals surface area contributed by atoms with Gasteiger partial charge in [-0.25, -0.2) is 0 Å². The van der Waals surface area contributed by atoms with Gasteiger partial charge in [0.1, 0.15) is 0 Å². The van der Waals surface area contributed by atoms with E-state index in [4.69, 9.17) is 32.7 Å². The van der Waals surface area contributed by atoms with Gasteiger partial charge >= 0.3 is 5.97 Å². The first-order chi connectivity index (χ1) is 8.54. The molecule has 0 atom stereocenters. The molecule has 0 radical (unpaired) electrons. The van der Waals surface area contributed by atoms with Crippen molar-refractivity contribution in [3.05, 3.63) is 21.7 Å². The van der Waals surface area contributed by atoms with E-state index in [-0.39, 0.29) is 12.4 Å². The third-order valence-corrected chi connectivity index (χ3v) is 3.20. The molecule has 0 amide bonds. The number of benzene rings is 1. The Morgan fingerprint density at radius 3 is 2.39 bits per heavy atom. The standard InChI is InChI=1S/C12H14Cl2O4/c1-16-9-6-8(13)7(4-5-10(15)17-2)11(14)12(9)18-3/h6H,4-5H2,1-3H3. The second kappa shape index (κ2) is 6.71. The quantitative estimate of drug-likeness (QED) is 0.782. The summed E-state index contributed by atoms with van der Waals surface area (Å²) in [5, 5.41) is 0.785. The summed E-state index contributed by atoms with van der Waals surface area (Å²) in [6.45, 7) is 0. The molecule has 18 heavy (non-hydrogen) atoms. The van der Waals surface area contributed by atoms with Crippen molar-refractivity contribution in [3.8, 4) is 11.5 Å². The third kappa shape index (κ3) is 3.21. The molecule has 6 heteroatoms. The van der Waals surface area contributed by atoms with Crippen LogP contribution in [0.25, 0.3) is 0 Å². The zero-order chi connectivity index (χ0) is 13.7. The lowest BCUT2D eigenvalue weighted by Crippen LogP contribution is -2.03. The van der Waals surface area contributed by atoms with E-state index in [0.717, 1.165) is 0 Å². The lowest BCUT2D eigenvalue weighted by atomic mass is 10.1. The van der Waals surface area contributed by atoms with Crippen molar-refractivity contribution >= 4 is 29.2 Å². The maximum atomic E-state index is 11.1. The van der Waals surface area contributed by atoms with Crippen molar-refractivity contribution in [1.82, 2.24) is 0 Å². The molecule has 0 unspecified atom stereocenters. The number of halogens is 2. The van der Waals surface area contributed by atoms with Crippen LogP contribution >= 0.6 is 23.2 Å². The van der Waals surface area contributed by atoms with Crippen molar-refractivity contribution in [2.24, 2.45) is 0 Å². The van der Waals surface area contributed by atoms with Gasteiger partial charge in [0.05, 0.1) is 26.4 Å². The number of carbonyl (C=O) groups excluding carboxylic acids is 1. The van der Waals surface area contributed by atoms with Gasteiger partial charge in [0.25, 0.3) is 0 Å². The monoisotopic (exact) mass is 292 g/mol. The summed E-state index contributed by atoms with van der Waals surface area (Å²) < 4.78 is 14.9. The average molecular weight is 293 g/mol. The summed E-state index contributed by atoms with van der Waals surface area (Å²) in [7, 11) is 4.32. The molecule has 0 aromatic heterocycles. The van der Waals surface area contributed by atoms with Crippen LogP contribution < -0.4 is 9.47 Å². The fourth-order valence-corrected chi connectivity index (χ4v) is 2.22. The lowest BCUT2D eigenvalue weighted by molar-refractivity contribution is -0.140. The molecule has 100 valence electrons. The molecule has 0 saturated heterocycles. The van der Waals surface area contributed by atoms with Crippen LogP contribution in [-0.4, -0.2) is 27.3 Å². The van der Waals surface area contributed by atoms with E-state index in [2.05, 4.69) is 4.74 Å². The Labute approximate surface area is 116 Å². The number of hydrogen-bond donors (Lipinski definition) is 0. The Kier molecular flexibility index (Phi) is 5.56. The molecule has 0 fully saturated rings. The van der Waals surface area contributed by atoms with Gasteiger partial charge in [-0.3, -0.25) is 4.79 Å². The second-order valence-corrected chi connectivity index (χ2v) is 4.25. The van der Waals surface area contributed by atoms with E-state index in [1.54, 1.807) is 6.07 Å². The van der Waals surface area contributed by atoms with Crippen LogP contribution in [0.3, 0.4) is 0 Å². The second-order valence-electron chi connectivity index (χ2n) is 3.46.